The molecule has 1 unspecified atom stereocenters. The Hall–Kier alpha value is 0.960. The zero-order chi connectivity index (χ0) is 12.1. The van der Waals surface area contributed by atoms with Crippen molar-refractivity contribution in [3.05, 3.63) is 11.6 Å². The molecule has 4 N–H and O–H groups in total. The molecule has 0 radical (unpaired) electrons. The van der Waals surface area contributed by atoms with Gasteiger partial charge < -0.3 is 19.8 Å². The molecule has 90 valence electrons. The van der Waals surface area contributed by atoms with E-state index in [9.17, 15) is 9.13 Å². The van der Waals surface area contributed by atoms with Gasteiger partial charge in [-0.15, -0.1) is 0 Å². The predicted octanol–water partition coefficient (Wildman–Crippen LogP) is -2.84. The van der Waals surface area contributed by atoms with E-state index in [-0.39, 0.29) is 42.8 Å². The van der Waals surface area contributed by atoms with Crippen molar-refractivity contribution in [1.82, 2.24) is 0 Å². The summed E-state index contributed by atoms with van der Waals surface area (Å²) < 4.78 is 28.8. The summed E-state index contributed by atoms with van der Waals surface area (Å²) in [6.45, 7) is 0.840. The summed E-state index contributed by atoms with van der Waals surface area (Å²) in [6, 6.07) is 0. The topological polar surface area (TPSA) is 134 Å². The first-order valence-electron chi connectivity index (χ1n) is 3.67. The third-order valence-electron chi connectivity index (χ3n) is 1.10. The van der Waals surface area contributed by atoms with Crippen LogP contribution in [0.3, 0.4) is 0 Å². The number of phosphoric acid groups is 2. The molecule has 0 amide bonds. The molecule has 11 heteroatoms. The van der Waals surface area contributed by atoms with Crippen molar-refractivity contribution < 1.29 is 67.3 Å². The van der Waals surface area contributed by atoms with Crippen molar-refractivity contribution >= 4 is 15.6 Å². The van der Waals surface area contributed by atoms with E-state index in [2.05, 4.69) is 8.83 Å². The van der Waals surface area contributed by atoms with Gasteiger partial charge in [0.2, 0.25) is 0 Å². The molecule has 0 saturated carbocycles. The summed E-state index contributed by atoms with van der Waals surface area (Å²) in [7, 11) is -9.85. The molecule has 0 aromatic rings. The van der Waals surface area contributed by atoms with Gasteiger partial charge in [-0.2, -0.15) is 4.31 Å². The van der Waals surface area contributed by atoms with Gasteiger partial charge in [-0.3, -0.25) is 4.52 Å². The van der Waals surface area contributed by atoms with E-state index in [1.54, 1.807) is 0 Å². The quantitative estimate of drug-likeness (QED) is 0.233. The molecule has 16 heavy (non-hydrogen) atoms. The van der Waals surface area contributed by atoms with Crippen LogP contribution in [0, 0.1) is 0 Å². The Balaban J connectivity index is 0. The van der Waals surface area contributed by atoms with Crippen molar-refractivity contribution in [1.29, 1.82) is 0 Å². The van der Waals surface area contributed by atoms with Crippen LogP contribution in [0.4, 0.5) is 0 Å². The second-order valence-electron chi connectivity index (χ2n) is 2.55. The van der Waals surface area contributed by atoms with Gasteiger partial charge in [0, 0.05) is 0 Å². The van der Waals surface area contributed by atoms with Gasteiger partial charge in [-0.05, 0) is 12.5 Å². The van der Waals surface area contributed by atoms with E-state index >= 15 is 0 Å². The Morgan fingerprint density at radius 2 is 1.81 bits per heavy atom. The predicted molar refractivity (Wildman–Crippen MR) is 49.7 cm³/mol. The van der Waals surface area contributed by atoms with Crippen LogP contribution in [-0.2, 0) is 18.0 Å². The van der Waals surface area contributed by atoms with Crippen molar-refractivity contribution in [2.24, 2.45) is 0 Å². The maximum Gasteiger partial charge on any atom is 1.00 e. The first-order valence-corrected chi connectivity index (χ1v) is 6.69. The maximum absolute atomic E-state index is 10.9. The Bertz CT molecular complexity index is 322. The van der Waals surface area contributed by atoms with Crippen molar-refractivity contribution in [3.8, 4) is 0 Å². The number of aliphatic hydroxyl groups excluding tert-OH is 1. The molecule has 0 saturated heterocycles. The fraction of sp³-hybridized carbons (Fsp3) is 0.600. The van der Waals surface area contributed by atoms with E-state index in [4.69, 9.17) is 19.8 Å². The standard InChI is InChI=1S/C5H12O8P2.Na/c1-5(2-3-6)4-12-15(10,11)13-14(7,8)9;/h2,6H,3-4H2,1H3,(H,10,11)(H2,7,8,9);/q;+1/b5-2+;. The molecule has 0 rings (SSSR count). The van der Waals surface area contributed by atoms with E-state index in [0.29, 0.717) is 5.57 Å². The Labute approximate surface area is 114 Å². The third-order valence-corrected chi connectivity index (χ3v) is 3.24. The minimum atomic E-state index is -5.07. The number of rotatable bonds is 6. The van der Waals surface area contributed by atoms with Gasteiger partial charge in [0.1, 0.15) is 0 Å². The second kappa shape index (κ2) is 8.13. The Morgan fingerprint density at radius 3 is 2.19 bits per heavy atom. The molecule has 0 fully saturated rings. The van der Waals surface area contributed by atoms with Crippen LogP contribution in [0.25, 0.3) is 0 Å². The number of hydrogen-bond donors (Lipinski definition) is 4. The summed E-state index contributed by atoms with van der Waals surface area (Å²) in [5.74, 6) is 0. The zero-order valence-electron chi connectivity index (χ0n) is 8.81. The average Bonchev–Trinajstić information content (AvgIpc) is 1.97. The van der Waals surface area contributed by atoms with Crippen LogP contribution in [0.5, 0.6) is 0 Å². The molecule has 0 bridgehead atoms. The summed E-state index contributed by atoms with van der Waals surface area (Å²) in [5.41, 5.74) is 0.418. The maximum atomic E-state index is 10.9. The van der Waals surface area contributed by atoms with Gasteiger partial charge in [-0.1, -0.05) is 6.08 Å². The first kappa shape index (κ1) is 19.3. The second-order valence-corrected chi connectivity index (χ2v) is 5.38. The minimum Gasteiger partial charge on any atom is -0.392 e. The fourth-order valence-corrected chi connectivity index (χ4v) is 2.19. The van der Waals surface area contributed by atoms with Crippen LogP contribution >= 0.6 is 15.6 Å². The van der Waals surface area contributed by atoms with Crippen molar-refractivity contribution in [2.45, 2.75) is 6.92 Å². The number of aliphatic hydroxyl groups is 1. The zero-order valence-corrected chi connectivity index (χ0v) is 12.6. The smallest absolute Gasteiger partial charge is 0.392 e. The molecular formula is C5H12NaO8P2+. The molecule has 0 aliphatic carbocycles. The van der Waals surface area contributed by atoms with E-state index in [0.717, 1.165) is 0 Å². The number of phosphoric ester groups is 1. The molecule has 0 aliphatic heterocycles. The molecule has 0 heterocycles. The number of hydrogen-bond acceptors (Lipinski definition) is 5. The molecule has 0 aliphatic rings. The van der Waals surface area contributed by atoms with Crippen molar-refractivity contribution in [2.75, 3.05) is 13.2 Å². The van der Waals surface area contributed by atoms with E-state index in [1.165, 1.54) is 13.0 Å². The van der Waals surface area contributed by atoms with E-state index < -0.39 is 15.6 Å². The largest absolute Gasteiger partial charge is 1.00 e. The molecular weight excluding hydrogens is 273 g/mol. The van der Waals surface area contributed by atoms with Crippen LogP contribution in [0.1, 0.15) is 6.92 Å². The summed E-state index contributed by atoms with van der Waals surface area (Å²) >= 11 is 0. The summed E-state index contributed by atoms with van der Waals surface area (Å²) in [5, 5.41) is 8.43. The van der Waals surface area contributed by atoms with Gasteiger partial charge in [0.15, 0.2) is 0 Å². The van der Waals surface area contributed by atoms with Crippen LogP contribution in [0.15, 0.2) is 11.6 Å². The summed E-state index contributed by atoms with van der Waals surface area (Å²) in [4.78, 5) is 25.3. The molecule has 0 aromatic heterocycles. The van der Waals surface area contributed by atoms with E-state index in [1.807, 2.05) is 0 Å². The normalized spacial score (nSPS) is 16.4. The van der Waals surface area contributed by atoms with Crippen LogP contribution in [-0.4, -0.2) is 33.0 Å². The van der Waals surface area contributed by atoms with Gasteiger partial charge in [0.25, 0.3) is 0 Å². The molecule has 8 nitrogen and oxygen atoms in total. The minimum absolute atomic E-state index is 0. The third kappa shape index (κ3) is 11.4. The van der Waals surface area contributed by atoms with Crippen LogP contribution < -0.4 is 29.6 Å². The Morgan fingerprint density at radius 1 is 1.31 bits per heavy atom. The first-order chi connectivity index (χ1) is 6.66. The molecule has 1 atom stereocenters. The monoisotopic (exact) mass is 285 g/mol. The van der Waals surface area contributed by atoms with Crippen LogP contribution in [0.2, 0.25) is 0 Å². The summed E-state index contributed by atoms with van der Waals surface area (Å²) in [6.07, 6.45) is 1.30. The fourth-order valence-electron chi connectivity index (χ4n) is 0.556. The average molecular weight is 285 g/mol. The van der Waals surface area contributed by atoms with Gasteiger partial charge >= 0.3 is 45.2 Å². The van der Waals surface area contributed by atoms with Gasteiger partial charge in [0.05, 0.1) is 13.2 Å². The molecule has 0 spiro atoms. The van der Waals surface area contributed by atoms with Crippen molar-refractivity contribution in [3.63, 3.8) is 0 Å². The SMILES string of the molecule is C/C(=C\CO)COP(=O)(O)OP(=O)(O)O.[Na+]. The molecule has 0 aromatic carbocycles. The van der Waals surface area contributed by atoms with Gasteiger partial charge in [-0.25, -0.2) is 9.13 Å². The Kier molecular flexibility index (Phi) is 9.81.